The molecule has 1 aromatic heterocycles. The first-order chi connectivity index (χ1) is 29.0. The molecule has 11 rings (SSSR count). The molecule has 0 saturated carbocycles. The van der Waals surface area contributed by atoms with Crippen LogP contribution < -0.4 is 4.90 Å². The van der Waals surface area contributed by atoms with Crippen molar-refractivity contribution < 1.29 is 0 Å². The van der Waals surface area contributed by atoms with E-state index in [1.165, 1.54) is 83.1 Å². The quantitative estimate of drug-likeness (QED) is 0.157. The molecule has 9 aromatic carbocycles. The highest BCUT2D eigenvalue weighted by molar-refractivity contribution is 6.10. The topological polar surface area (TPSA) is 8.17 Å². The van der Waals surface area contributed by atoms with Gasteiger partial charge in [0, 0.05) is 38.9 Å². The maximum Gasteiger partial charge on any atom is 0.0541 e. The number of fused-ring (bicyclic) bond motifs is 6. The van der Waals surface area contributed by atoms with Crippen molar-refractivity contribution in [1.82, 2.24) is 4.57 Å². The number of para-hydroxylation sites is 2. The number of anilines is 3. The predicted octanol–water partition coefficient (Wildman–Crippen LogP) is 15.6. The Balaban J connectivity index is 0.968. The zero-order chi connectivity index (χ0) is 39.5. The normalized spacial score (nSPS) is 12.7. The van der Waals surface area contributed by atoms with Gasteiger partial charge in [-0.25, -0.2) is 0 Å². The lowest BCUT2D eigenvalue weighted by molar-refractivity contribution is 0.660. The lowest BCUT2D eigenvalue weighted by Gasteiger charge is -2.27. The Labute approximate surface area is 345 Å². The van der Waals surface area contributed by atoms with Crippen molar-refractivity contribution in [1.29, 1.82) is 0 Å². The van der Waals surface area contributed by atoms with E-state index in [1.807, 2.05) is 0 Å². The van der Waals surface area contributed by atoms with Crippen LogP contribution in [0.3, 0.4) is 0 Å². The fraction of sp³-hybridized carbons (Fsp3) is 0.0526. The Morgan fingerprint density at radius 1 is 0.339 bits per heavy atom. The molecule has 0 fully saturated rings. The van der Waals surface area contributed by atoms with Crippen LogP contribution in [0.5, 0.6) is 0 Å². The highest BCUT2D eigenvalue weighted by atomic mass is 15.1. The molecule has 2 nitrogen and oxygen atoms in total. The average Bonchev–Trinajstić information content (AvgIpc) is 3.75. The number of rotatable bonds is 7. The Morgan fingerprint density at radius 2 is 0.847 bits per heavy atom. The SMILES string of the molecule is CC1(C)c2ccccc2-c2cc(N(c3ccc(-c4ccccc4)cc3)c3ccc(-c4cccc(-c5ccc6c(c5)c5ccccc5n6-c5ccccc5)c4)cc3)ccc21. The molecule has 0 atom stereocenters. The van der Waals surface area contributed by atoms with Gasteiger partial charge < -0.3 is 9.47 Å². The third-order valence-electron chi connectivity index (χ3n) is 12.4. The number of benzene rings is 9. The molecule has 0 N–H and O–H groups in total. The zero-order valence-electron chi connectivity index (χ0n) is 33.2. The van der Waals surface area contributed by atoms with Crippen molar-refractivity contribution in [2.24, 2.45) is 0 Å². The molecule has 1 aliphatic rings. The number of aromatic nitrogens is 1. The van der Waals surface area contributed by atoms with Crippen molar-refractivity contribution in [2.75, 3.05) is 4.90 Å². The second kappa shape index (κ2) is 13.9. The summed E-state index contributed by atoms with van der Waals surface area (Å²) in [7, 11) is 0. The summed E-state index contributed by atoms with van der Waals surface area (Å²) in [6.07, 6.45) is 0. The minimum atomic E-state index is -0.0460. The van der Waals surface area contributed by atoms with Gasteiger partial charge in [-0.2, -0.15) is 0 Å². The van der Waals surface area contributed by atoms with Gasteiger partial charge >= 0.3 is 0 Å². The van der Waals surface area contributed by atoms with Crippen molar-refractivity contribution >= 4 is 38.9 Å². The van der Waals surface area contributed by atoms with E-state index in [2.05, 4.69) is 242 Å². The van der Waals surface area contributed by atoms with Gasteiger partial charge in [-0.1, -0.05) is 159 Å². The summed E-state index contributed by atoms with van der Waals surface area (Å²) in [5.74, 6) is 0. The highest BCUT2D eigenvalue weighted by Gasteiger charge is 2.35. The van der Waals surface area contributed by atoms with Gasteiger partial charge in [-0.15, -0.1) is 0 Å². The molecule has 0 radical (unpaired) electrons. The molecule has 59 heavy (non-hydrogen) atoms. The minimum absolute atomic E-state index is 0.0460. The Kier molecular flexibility index (Phi) is 8.20. The predicted molar refractivity (Wildman–Crippen MR) is 249 cm³/mol. The van der Waals surface area contributed by atoms with E-state index in [0.717, 1.165) is 17.1 Å². The fourth-order valence-electron chi connectivity index (χ4n) is 9.42. The molecule has 0 aliphatic heterocycles. The molecule has 0 spiro atoms. The van der Waals surface area contributed by atoms with E-state index in [0.29, 0.717) is 0 Å². The molecule has 0 amide bonds. The van der Waals surface area contributed by atoms with Gasteiger partial charge in [0.1, 0.15) is 0 Å². The van der Waals surface area contributed by atoms with Gasteiger partial charge in [-0.05, 0) is 128 Å². The lowest BCUT2D eigenvalue weighted by atomic mass is 9.82. The van der Waals surface area contributed by atoms with Gasteiger partial charge in [0.15, 0.2) is 0 Å². The largest absolute Gasteiger partial charge is 0.310 e. The number of nitrogens with zero attached hydrogens (tertiary/aromatic N) is 2. The zero-order valence-corrected chi connectivity index (χ0v) is 33.2. The van der Waals surface area contributed by atoms with Crippen LogP contribution in [-0.4, -0.2) is 4.57 Å². The van der Waals surface area contributed by atoms with Crippen molar-refractivity contribution in [3.05, 3.63) is 230 Å². The van der Waals surface area contributed by atoms with Crippen LogP contribution in [0.1, 0.15) is 25.0 Å². The highest BCUT2D eigenvalue weighted by Crippen LogP contribution is 2.50. The molecule has 0 bridgehead atoms. The lowest BCUT2D eigenvalue weighted by Crippen LogP contribution is -2.15. The van der Waals surface area contributed by atoms with Crippen LogP contribution in [0.4, 0.5) is 17.1 Å². The van der Waals surface area contributed by atoms with Crippen LogP contribution in [0, 0.1) is 0 Å². The van der Waals surface area contributed by atoms with E-state index < -0.39 is 0 Å². The van der Waals surface area contributed by atoms with Gasteiger partial charge in [0.25, 0.3) is 0 Å². The second-order valence-corrected chi connectivity index (χ2v) is 16.2. The minimum Gasteiger partial charge on any atom is -0.310 e. The van der Waals surface area contributed by atoms with Crippen LogP contribution in [0.25, 0.3) is 72.0 Å². The molecule has 1 heterocycles. The molecule has 10 aromatic rings. The van der Waals surface area contributed by atoms with E-state index in [9.17, 15) is 0 Å². The molecular formula is C57H42N2. The third-order valence-corrected chi connectivity index (χ3v) is 12.4. The van der Waals surface area contributed by atoms with Gasteiger partial charge in [0.2, 0.25) is 0 Å². The third kappa shape index (κ3) is 5.87. The Bertz CT molecular complexity index is 3150. The van der Waals surface area contributed by atoms with Crippen LogP contribution in [0.2, 0.25) is 0 Å². The summed E-state index contributed by atoms with van der Waals surface area (Å²) in [5.41, 5.74) is 19.5. The first-order valence-electron chi connectivity index (χ1n) is 20.5. The average molecular weight is 755 g/mol. The smallest absolute Gasteiger partial charge is 0.0541 e. The Hall–Kier alpha value is -7.42. The fourth-order valence-corrected chi connectivity index (χ4v) is 9.42. The van der Waals surface area contributed by atoms with Crippen LogP contribution in [-0.2, 0) is 5.41 Å². The molecule has 280 valence electrons. The van der Waals surface area contributed by atoms with Crippen LogP contribution in [0.15, 0.2) is 218 Å². The van der Waals surface area contributed by atoms with Crippen molar-refractivity contribution in [2.45, 2.75) is 19.3 Å². The number of hydrogen-bond donors (Lipinski definition) is 0. The summed E-state index contributed by atoms with van der Waals surface area (Å²) >= 11 is 0. The van der Waals surface area contributed by atoms with E-state index in [1.54, 1.807) is 0 Å². The van der Waals surface area contributed by atoms with Gasteiger partial charge in [0.05, 0.1) is 11.0 Å². The maximum absolute atomic E-state index is 2.39. The summed E-state index contributed by atoms with van der Waals surface area (Å²) in [6.45, 7) is 4.68. The number of hydrogen-bond acceptors (Lipinski definition) is 1. The second-order valence-electron chi connectivity index (χ2n) is 16.2. The van der Waals surface area contributed by atoms with Crippen LogP contribution >= 0.6 is 0 Å². The van der Waals surface area contributed by atoms with Crippen molar-refractivity contribution in [3.8, 4) is 50.2 Å². The molecule has 0 saturated heterocycles. The summed E-state index contributed by atoms with van der Waals surface area (Å²) in [5, 5.41) is 2.52. The maximum atomic E-state index is 2.39. The molecule has 1 aliphatic carbocycles. The summed E-state index contributed by atoms with van der Waals surface area (Å²) < 4.78 is 2.37. The van der Waals surface area contributed by atoms with Gasteiger partial charge in [-0.3, -0.25) is 0 Å². The standard InChI is InChI=1S/C57H42N2/c1-57(2)53-22-11-9-20-49(53)51-38-48(33-34-54(51)57)58(46-29-24-40(25-30-46)39-14-5-3-6-15-39)47-31-26-41(27-32-47)42-16-13-17-43(36-42)44-28-35-56-52(37-44)50-21-10-12-23-55(50)59(56)45-18-7-4-8-19-45/h3-38H,1-2H3. The molecule has 2 heteroatoms. The molecular weight excluding hydrogens is 713 g/mol. The van der Waals surface area contributed by atoms with Crippen molar-refractivity contribution in [3.63, 3.8) is 0 Å². The summed E-state index contributed by atoms with van der Waals surface area (Å²) in [4.78, 5) is 2.39. The van der Waals surface area contributed by atoms with E-state index >= 15 is 0 Å². The monoisotopic (exact) mass is 754 g/mol. The molecule has 0 unspecified atom stereocenters. The first kappa shape index (κ1) is 34.8. The Morgan fingerprint density at radius 3 is 1.59 bits per heavy atom. The summed E-state index contributed by atoms with van der Waals surface area (Å²) in [6, 6.07) is 79.8. The van der Waals surface area contributed by atoms with E-state index in [-0.39, 0.29) is 5.41 Å². The first-order valence-corrected chi connectivity index (χ1v) is 20.5. The van der Waals surface area contributed by atoms with E-state index in [4.69, 9.17) is 0 Å².